The van der Waals surface area contributed by atoms with E-state index in [2.05, 4.69) is 101 Å². The first-order valence-corrected chi connectivity index (χ1v) is 18.6. The fourth-order valence-corrected chi connectivity index (χ4v) is 10.7. The third-order valence-electron chi connectivity index (χ3n) is 8.00. The van der Waals surface area contributed by atoms with Crippen molar-refractivity contribution < 1.29 is 14.2 Å². The van der Waals surface area contributed by atoms with E-state index in [9.17, 15) is 9.59 Å². The third kappa shape index (κ3) is 6.26. The Labute approximate surface area is 280 Å². The molecule has 7 rings (SSSR count). The van der Waals surface area contributed by atoms with Gasteiger partial charge in [-0.15, -0.1) is 0 Å². The molecule has 0 unspecified atom stereocenters. The van der Waals surface area contributed by atoms with E-state index in [0.29, 0.717) is 13.1 Å². The molecular weight excluding hydrogens is 698 g/mol. The quantitative estimate of drug-likeness (QED) is 0.0723. The summed E-state index contributed by atoms with van der Waals surface area (Å²) in [6, 6.07) is 38.4. The number of hydrogen-bond donors (Lipinski definition) is 0. The number of rotatable bonds is 9. The molecule has 1 aliphatic rings. The molecule has 0 aliphatic carbocycles. The van der Waals surface area contributed by atoms with Crippen LogP contribution < -0.4 is 13.9 Å². The van der Waals surface area contributed by atoms with Crippen LogP contribution in [0.1, 0.15) is 30.8 Å². The van der Waals surface area contributed by atoms with Gasteiger partial charge in [-0.1, -0.05) is 0 Å². The van der Waals surface area contributed by atoms with Crippen LogP contribution in [0.15, 0.2) is 144 Å². The van der Waals surface area contributed by atoms with Crippen molar-refractivity contribution in [2.75, 3.05) is 11.4 Å². The fourth-order valence-electron chi connectivity index (χ4n) is 5.67. The van der Waals surface area contributed by atoms with Gasteiger partial charge in [0.1, 0.15) is 0 Å². The van der Waals surface area contributed by atoms with Gasteiger partial charge in [0.15, 0.2) is 0 Å². The van der Waals surface area contributed by atoms with Crippen molar-refractivity contribution in [2.24, 2.45) is 0 Å². The number of anilines is 1. The molecular formula is C40H31N2O2Se2+. The molecule has 0 radical (unpaired) electrons. The summed E-state index contributed by atoms with van der Waals surface area (Å²) in [7, 11) is 0. The van der Waals surface area contributed by atoms with Gasteiger partial charge in [-0.05, 0) is 0 Å². The zero-order chi connectivity index (χ0) is 31.5. The van der Waals surface area contributed by atoms with Crippen molar-refractivity contribution in [3.8, 4) is 0 Å². The molecule has 4 nitrogen and oxygen atoms in total. The van der Waals surface area contributed by atoms with E-state index in [1.807, 2.05) is 60.7 Å². The number of fused-ring (bicyclic) bond motifs is 4. The molecule has 0 N–H and O–H groups in total. The Hall–Kier alpha value is -4.57. The zero-order valence-corrected chi connectivity index (χ0v) is 28.7. The molecule has 1 aromatic heterocycles. The van der Waals surface area contributed by atoms with Crippen molar-refractivity contribution in [1.29, 1.82) is 0 Å². The molecule has 46 heavy (non-hydrogen) atoms. The van der Waals surface area contributed by atoms with Crippen LogP contribution >= 0.6 is 0 Å². The summed E-state index contributed by atoms with van der Waals surface area (Å²) < 4.78 is 7.11. The van der Waals surface area contributed by atoms with E-state index in [-0.39, 0.29) is 41.0 Å². The first-order chi connectivity index (χ1) is 22.5. The van der Waals surface area contributed by atoms with Crippen molar-refractivity contribution in [1.82, 2.24) is 0 Å². The average Bonchev–Trinajstić information content (AvgIpc) is 3.62. The summed E-state index contributed by atoms with van der Waals surface area (Å²) in [5, 5.41) is 2.48. The summed E-state index contributed by atoms with van der Waals surface area (Å²) in [5.41, 5.74) is 4.93. The Balaban J connectivity index is 1.17. The Morgan fingerprint density at radius 2 is 1.48 bits per heavy atom. The number of carbonyl (C=O) groups excluding carboxylic acids is 2. The minimum absolute atomic E-state index is 0.0542. The second kappa shape index (κ2) is 13.4. The van der Waals surface area contributed by atoms with Gasteiger partial charge >= 0.3 is 282 Å². The summed E-state index contributed by atoms with van der Waals surface area (Å²) in [6.45, 7) is 2.73. The van der Waals surface area contributed by atoms with E-state index >= 15 is 0 Å². The van der Waals surface area contributed by atoms with Crippen molar-refractivity contribution in [2.45, 2.75) is 13.5 Å². The SMILES string of the molecule is Cc1ccc2c(c1)[se]c(/C=C/C=C\C=C1\[Se]c3c(ccc4ccccc34)N1CC(=O)c1ccccc1)[n+]2CC(=O)c1ccccc1. The van der Waals surface area contributed by atoms with Crippen LogP contribution in [0.4, 0.5) is 5.69 Å². The third-order valence-corrected chi connectivity index (χ3v) is 12.9. The van der Waals surface area contributed by atoms with Crippen LogP contribution in [-0.4, -0.2) is 47.6 Å². The van der Waals surface area contributed by atoms with Gasteiger partial charge in [0.25, 0.3) is 0 Å². The number of benzene rings is 5. The maximum atomic E-state index is 13.3. The number of hydrogen-bond acceptors (Lipinski definition) is 3. The van der Waals surface area contributed by atoms with Crippen molar-refractivity contribution in [3.05, 3.63) is 165 Å². The molecule has 0 saturated heterocycles. The second-order valence-corrected chi connectivity index (χ2v) is 15.5. The van der Waals surface area contributed by atoms with E-state index in [4.69, 9.17) is 0 Å². The second-order valence-electron chi connectivity index (χ2n) is 11.1. The molecule has 6 aromatic rings. The molecule has 0 atom stereocenters. The first kappa shape index (κ1) is 30.1. The van der Waals surface area contributed by atoms with Crippen LogP contribution in [0.3, 0.4) is 0 Å². The fraction of sp³-hybridized carbons (Fsp3) is 0.0750. The number of nitrogens with zero attached hydrogens (tertiary/aromatic N) is 2. The van der Waals surface area contributed by atoms with E-state index in [0.717, 1.165) is 31.5 Å². The minimum atomic E-state index is 0.0542. The Kier molecular flexibility index (Phi) is 8.78. The number of aromatic nitrogens is 1. The number of carbonyl (C=O) groups is 2. The first-order valence-electron chi connectivity index (χ1n) is 15.2. The molecule has 6 heteroatoms. The van der Waals surface area contributed by atoms with Gasteiger partial charge in [0, 0.05) is 0 Å². The summed E-state index contributed by atoms with van der Waals surface area (Å²) in [6.07, 6.45) is 10.5. The van der Waals surface area contributed by atoms with Gasteiger partial charge in [-0.25, -0.2) is 0 Å². The van der Waals surface area contributed by atoms with E-state index in [1.165, 1.54) is 25.1 Å². The van der Waals surface area contributed by atoms with Crippen molar-refractivity contribution in [3.63, 3.8) is 0 Å². The van der Waals surface area contributed by atoms with Gasteiger partial charge in [0.05, 0.1) is 0 Å². The molecule has 5 aromatic carbocycles. The molecule has 2 heterocycles. The zero-order valence-electron chi connectivity index (χ0n) is 25.3. The van der Waals surface area contributed by atoms with E-state index < -0.39 is 0 Å². The van der Waals surface area contributed by atoms with Crippen LogP contribution in [0.25, 0.3) is 26.6 Å². The summed E-state index contributed by atoms with van der Waals surface area (Å²) >= 11 is 0.158. The number of ketones is 2. The van der Waals surface area contributed by atoms with Gasteiger partial charge < -0.3 is 0 Å². The molecule has 0 saturated carbocycles. The Morgan fingerprint density at radius 1 is 0.761 bits per heavy atom. The standard InChI is InChI=1S/C40H31N2O2Se2/c1-28-21-23-33-37(25-28)45-38(41(33)26-35(43)30-14-5-2-6-15-30)19-9-4-10-20-39-42(27-36(44)31-16-7-3-8-17-31)34-24-22-29-13-11-12-18-32(29)40(34)46-39/h2-25H,26-27H2,1H3/q+1. The molecule has 1 aliphatic heterocycles. The number of aryl methyl sites for hydroxylation is 1. The van der Waals surface area contributed by atoms with Gasteiger partial charge in [0.2, 0.25) is 0 Å². The average molecular weight is 730 g/mol. The Bertz CT molecular complexity index is 2180. The topological polar surface area (TPSA) is 41.3 Å². The predicted octanol–water partition coefficient (Wildman–Crippen LogP) is 6.67. The molecule has 0 amide bonds. The molecule has 224 valence electrons. The number of Topliss-reactive ketones (excluding diaryl/α,β-unsaturated/α-hetero) is 2. The van der Waals surface area contributed by atoms with Crippen molar-refractivity contribution >= 4 is 77.8 Å². The van der Waals surface area contributed by atoms with E-state index in [1.54, 1.807) is 0 Å². The number of allylic oxidation sites excluding steroid dienone is 4. The van der Waals surface area contributed by atoms with Crippen LogP contribution in [0.2, 0.25) is 0 Å². The maximum absolute atomic E-state index is 13.3. The summed E-state index contributed by atoms with van der Waals surface area (Å²) in [4.78, 5) is 28.7. The molecule has 0 spiro atoms. The molecule has 0 bridgehead atoms. The van der Waals surface area contributed by atoms with Gasteiger partial charge in [-0.2, -0.15) is 0 Å². The van der Waals surface area contributed by atoms with Crippen LogP contribution in [-0.2, 0) is 6.54 Å². The summed E-state index contributed by atoms with van der Waals surface area (Å²) in [5.74, 6) is 0.212. The van der Waals surface area contributed by atoms with Crippen LogP contribution in [0.5, 0.6) is 0 Å². The molecule has 0 fully saturated rings. The van der Waals surface area contributed by atoms with Crippen LogP contribution in [0, 0.1) is 6.92 Å². The predicted molar refractivity (Wildman–Crippen MR) is 190 cm³/mol. The Morgan fingerprint density at radius 3 is 2.26 bits per heavy atom. The normalized spacial score (nSPS) is 13.8. The monoisotopic (exact) mass is 731 g/mol. The van der Waals surface area contributed by atoms with Gasteiger partial charge in [-0.3, -0.25) is 0 Å².